The Labute approximate surface area is 158 Å². The van der Waals surface area contributed by atoms with E-state index in [9.17, 15) is 4.79 Å². The zero-order valence-electron chi connectivity index (χ0n) is 15.3. The summed E-state index contributed by atoms with van der Waals surface area (Å²) in [5, 5.41) is 0. The minimum Gasteiger partial charge on any atom is -0.361 e. The molecular weight excluding hydrogens is 344 g/mol. The molecule has 1 aromatic carbocycles. The Balaban J connectivity index is 1.53. The Bertz CT molecular complexity index is 808. The van der Waals surface area contributed by atoms with Crippen molar-refractivity contribution in [2.75, 3.05) is 0 Å². The summed E-state index contributed by atoms with van der Waals surface area (Å²) in [7, 11) is 0. The average molecular weight is 368 g/mol. The molecule has 27 heavy (non-hydrogen) atoms. The smallest absolute Gasteiger partial charge is 0.323 e. The fourth-order valence-electron chi connectivity index (χ4n) is 6.08. The van der Waals surface area contributed by atoms with Gasteiger partial charge in [0.25, 0.3) is 0 Å². The van der Waals surface area contributed by atoms with Crippen molar-refractivity contribution in [1.29, 1.82) is 0 Å². The SMILES string of the molecule is [N-]=[N+]=CC(=O)C[C@]12CCC[C@H]1[C@@]13CCCC[C@@]1(O[C@@H](c1ccccc1)O3)O2. The van der Waals surface area contributed by atoms with E-state index in [-0.39, 0.29) is 18.1 Å². The van der Waals surface area contributed by atoms with Gasteiger partial charge in [-0.15, -0.1) is 0 Å². The van der Waals surface area contributed by atoms with Crippen LogP contribution >= 0.6 is 0 Å². The van der Waals surface area contributed by atoms with E-state index in [1.54, 1.807) is 0 Å². The minimum atomic E-state index is -0.784. The van der Waals surface area contributed by atoms with Crippen molar-refractivity contribution in [3.63, 3.8) is 0 Å². The maximum atomic E-state index is 12.3. The lowest BCUT2D eigenvalue weighted by Gasteiger charge is -2.41. The summed E-state index contributed by atoms with van der Waals surface area (Å²) in [6.07, 6.45) is 7.34. The molecule has 0 radical (unpaired) electrons. The van der Waals surface area contributed by atoms with E-state index >= 15 is 0 Å². The molecular formula is C21H24N2O4. The van der Waals surface area contributed by atoms with Gasteiger partial charge in [-0.1, -0.05) is 43.2 Å². The number of ether oxygens (including phenoxy) is 3. The normalized spacial score (nSPS) is 42.1. The molecule has 2 heterocycles. The fourth-order valence-corrected chi connectivity index (χ4v) is 6.08. The van der Waals surface area contributed by atoms with Gasteiger partial charge in [0.2, 0.25) is 11.6 Å². The van der Waals surface area contributed by atoms with Gasteiger partial charge in [-0.25, -0.2) is 0 Å². The summed E-state index contributed by atoms with van der Waals surface area (Å²) in [4.78, 5) is 15.2. The van der Waals surface area contributed by atoms with Crippen LogP contribution in [-0.4, -0.2) is 33.8 Å². The summed E-state index contributed by atoms with van der Waals surface area (Å²) in [6, 6.07) is 10.0. The molecule has 5 rings (SSSR count). The first-order valence-corrected chi connectivity index (χ1v) is 9.94. The van der Waals surface area contributed by atoms with Crippen molar-refractivity contribution in [3.05, 3.63) is 41.4 Å². The number of nitrogens with zero attached hydrogens (tertiary/aromatic N) is 2. The second-order valence-electron chi connectivity index (χ2n) is 8.33. The van der Waals surface area contributed by atoms with E-state index in [0.29, 0.717) is 0 Å². The highest BCUT2D eigenvalue weighted by Crippen LogP contribution is 2.69. The fraction of sp³-hybridized carbons (Fsp3) is 0.619. The predicted molar refractivity (Wildman–Crippen MR) is 95.7 cm³/mol. The zero-order chi connectivity index (χ0) is 18.5. The molecule has 142 valence electrons. The molecule has 0 N–H and O–H groups in total. The van der Waals surface area contributed by atoms with E-state index < -0.39 is 23.3 Å². The summed E-state index contributed by atoms with van der Waals surface area (Å²) < 4.78 is 19.9. The summed E-state index contributed by atoms with van der Waals surface area (Å²) in [5.74, 6) is -0.878. The lowest BCUT2D eigenvalue weighted by Crippen LogP contribution is -2.53. The van der Waals surface area contributed by atoms with Crippen LogP contribution in [-0.2, 0) is 19.0 Å². The molecule has 0 spiro atoms. The van der Waals surface area contributed by atoms with Gasteiger partial charge in [0.1, 0.15) is 5.60 Å². The Morgan fingerprint density at radius 3 is 2.78 bits per heavy atom. The van der Waals surface area contributed by atoms with Gasteiger partial charge >= 0.3 is 6.21 Å². The van der Waals surface area contributed by atoms with Crippen molar-refractivity contribution < 1.29 is 23.8 Å². The van der Waals surface area contributed by atoms with Gasteiger partial charge < -0.3 is 19.7 Å². The highest BCUT2D eigenvalue weighted by molar-refractivity contribution is 6.25. The van der Waals surface area contributed by atoms with Gasteiger partial charge in [0, 0.05) is 24.3 Å². The number of hydrogen-bond donors (Lipinski definition) is 0. The third-order valence-corrected chi connectivity index (χ3v) is 6.97. The first-order valence-electron chi connectivity index (χ1n) is 9.94. The van der Waals surface area contributed by atoms with Crippen molar-refractivity contribution in [2.45, 2.75) is 74.6 Å². The van der Waals surface area contributed by atoms with E-state index in [1.165, 1.54) is 0 Å². The molecule has 2 aliphatic carbocycles. The van der Waals surface area contributed by atoms with Crippen LogP contribution in [0.5, 0.6) is 0 Å². The van der Waals surface area contributed by atoms with E-state index in [0.717, 1.165) is 56.7 Å². The Morgan fingerprint density at radius 2 is 1.96 bits per heavy atom. The molecule has 0 bridgehead atoms. The third-order valence-electron chi connectivity index (χ3n) is 6.97. The van der Waals surface area contributed by atoms with Crippen LogP contribution in [0, 0.1) is 5.92 Å². The number of ketones is 1. The maximum absolute atomic E-state index is 12.3. The zero-order valence-corrected chi connectivity index (χ0v) is 15.3. The summed E-state index contributed by atoms with van der Waals surface area (Å²) in [5.41, 5.74) is 8.66. The molecule has 4 aliphatic rings. The Morgan fingerprint density at radius 1 is 1.15 bits per heavy atom. The molecule has 2 aliphatic heterocycles. The quantitative estimate of drug-likeness (QED) is 0.462. The van der Waals surface area contributed by atoms with Crippen molar-refractivity contribution in [2.24, 2.45) is 5.92 Å². The Kier molecular flexibility index (Phi) is 3.89. The predicted octanol–water partition coefficient (Wildman–Crippen LogP) is 3.57. The molecule has 4 fully saturated rings. The molecule has 1 aromatic rings. The van der Waals surface area contributed by atoms with Crippen LogP contribution in [0.4, 0.5) is 0 Å². The van der Waals surface area contributed by atoms with Crippen molar-refractivity contribution in [1.82, 2.24) is 0 Å². The van der Waals surface area contributed by atoms with Crippen molar-refractivity contribution in [3.8, 4) is 0 Å². The molecule has 0 aromatic heterocycles. The van der Waals surface area contributed by atoms with Crippen LogP contribution in [0.3, 0.4) is 0 Å². The molecule has 0 unspecified atom stereocenters. The number of rotatable bonds is 4. The number of carbonyl (C=O) groups excluding carboxylic acids is 1. The largest absolute Gasteiger partial charge is 0.361 e. The van der Waals surface area contributed by atoms with Crippen LogP contribution in [0.2, 0.25) is 0 Å². The molecule has 6 nitrogen and oxygen atoms in total. The monoisotopic (exact) mass is 368 g/mol. The standard InChI is InChI=1S/C21H24N2O4/c22-23-14-16(24)13-19-10-6-9-17(19)20-11-4-5-12-21(20,27-19)26-18(25-20)15-7-2-1-3-8-15/h1-3,7-8,14,17-18H,4-6,9-13H2/t17-,18+,19-,20+,21-/m1/s1. The van der Waals surface area contributed by atoms with Crippen LogP contribution in [0.1, 0.15) is 63.2 Å². The highest BCUT2D eigenvalue weighted by atomic mass is 16.8. The van der Waals surface area contributed by atoms with Crippen LogP contribution < -0.4 is 0 Å². The van der Waals surface area contributed by atoms with E-state index in [2.05, 4.69) is 4.79 Å². The second kappa shape index (κ2) is 6.08. The first-order chi connectivity index (χ1) is 13.1. The average Bonchev–Trinajstić information content (AvgIpc) is 3.27. The molecule has 5 atom stereocenters. The first kappa shape index (κ1) is 17.3. The van der Waals surface area contributed by atoms with E-state index in [4.69, 9.17) is 19.7 Å². The number of carbonyl (C=O) groups is 1. The lowest BCUT2D eigenvalue weighted by molar-refractivity contribution is -0.268. The number of fused-ring (bicyclic) bond motifs is 1. The molecule has 2 saturated heterocycles. The van der Waals surface area contributed by atoms with Gasteiger partial charge in [-0.2, -0.15) is 4.79 Å². The molecule has 6 heteroatoms. The topological polar surface area (TPSA) is 81.2 Å². The minimum absolute atomic E-state index is 0.120. The van der Waals surface area contributed by atoms with Crippen LogP contribution in [0.25, 0.3) is 5.53 Å². The molecule has 2 saturated carbocycles. The second-order valence-corrected chi connectivity index (χ2v) is 8.33. The Hall–Kier alpha value is -1.85. The lowest BCUT2D eigenvalue weighted by atomic mass is 9.69. The van der Waals surface area contributed by atoms with Gasteiger partial charge in [0.05, 0.1) is 5.60 Å². The number of hydrogen-bond acceptors (Lipinski definition) is 4. The highest BCUT2D eigenvalue weighted by Gasteiger charge is 2.78. The van der Waals surface area contributed by atoms with E-state index in [1.807, 2.05) is 30.3 Å². The third kappa shape index (κ3) is 2.34. The summed E-state index contributed by atoms with van der Waals surface area (Å²) in [6.45, 7) is 0. The van der Waals surface area contributed by atoms with Gasteiger partial charge in [0.15, 0.2) is 6.29 Å². The van der Waals surface area contributed by atoms with Crippen molar-refractivity contribution >= 4 is 12.0 Å². The maximum Gasteiger partial charge on any atom is 0.323 e. The summed E-state index contributed by atoms with van der Waals surface area (Å²) >= 11 is 0. The van der Waals surface area contributed by atoms with Crippen LogP contribution in [0.15, 0.2) is 30.3 Å². The number of benzene rings is 1. The van der Waals surface area contributed by atoms with Gasteiger partial charge in [-0.05, 0) is 25.7 Å². The molecule has 0 amide bonds. The number of Topliss-reactive ketones (excluding diaryl/α,β-unsaturated/α-hetero) is 1. The van der Waals surface area contributed by atoms with Gasteiger partial charge in [-0.3, -0.25) is 4.79 Å².